The maximum absolute atomic E-state index is 5.90. The van der Waals surface area contributed by atoms with Crippen LogP contribution >= 0.6 is 11.6 Å². The van der Waals surface area contributed by atoms with Gasteiger partial charge in [0, 0.05) is 7.05 Å². The second-order valence-corrected chi connectivity index (χ2v) is 2.95. The summed E-state index contributed by atoms with van der Waals surface area (Å²) in [7, 11) is 1.86. The van der Waals surface area contributed by atoms with Crippen LogP contribution in [-0.2, 0) is 7.05 Å². The Hall–Kier alpha value is -1.16. The molecule has 2 aromatic heterocycles. The summed E-state index contributed by atoms with van der Waals surface area (Å²) in [4.78, 5) is 12.2. The minimum atomic E-state index is 0.456. The van der Waals surface area contributed by atoms with Gasteiger partial charge in [0.05, 0.1) is 6.33 Å². The summed E-state index contributed by atoms with van der Waals surface area (Å²) in [5.74, 6) is 0.645. The number of imidazole rings is 1. The van der Waals surface area contributed by atoms with Crippen LogP contribution in [0.15, 0.2) is 6.33 Å². The number of halogens is 1. The lowest BCUT2D eigenvalue weighted by molar-refractivity contribution is 0.943. The maximum Gasteiger partial charge on any atom is 0.182 e. The molecular formula is C7H7ClN4. The second-order valence-electron chi connectivity index (χ2n) is 2.59. The van der Waals surface area contributed by atoms with Gasteiger partial charge < -0.3 is 4.57 Å². The number of aryl methyl sites for hydroxylation is 2. The van der Waals surface area contributed by atoms with Gasteiger partial charge >= 0.3 is 0 Å². The molecule has 0 unspecified atom stereocenters. The van der Waals surface area contributed by atoms with E-state index in [-0.39, 0.29) is 0 Å². The van der Waals surface area contributed by atoms with E-state index in [0.29, 0.717) is 16.6 Å². The molecular weight excluding hydrogens is 176 g/mol. The van der Waals surface area contributed by atoms with Crippen molar-refractivity contribution < 1.29 is 0 Å². The Morgan fingerprint density at radius 3 is 2.92 bits per heavy atom. The predicted molar refractivity (Wildman–Crippen MR) is 46.1 cm³/mol. The summed E-state index contributed by atoms with van der Waals surface area (Å²) in [6.45, 7) is 1.79. The lowest BCUT2D eigenvalue weighted by atomic mass is 10.5. The van der Waals surface area contributed by atoms with Crippen molar-refractivity contribution in [2.45, 2.75) is 6.92 Å². The summed E-state index contributed by atoms with van der Waals surface area (Å²) >= 11 is 5.90. The minimum absolute atomic E-state index is 0.456. The van der Waals surface area contributed by atoms with Gasteiger partial charge in [0.1, 0.15) is 11.3 Å². The van der Waals surface area contributed by atoms with Crippen LogP contribution in [0.1, 0.15) is 5.82 Å². The van der Waals surface area contributed by atoms with E-state index >= 15 is 0 Å². The van der Waals surface area contributed by atoms with E-state index in [2.05, 4.69) is 15.0 Å². The van der Waals surface area contributed by atoms with Crippen molar-refractivity contribution in [1.29, 1.82) is 0 Å². The SMILES string of the molecule is Cc1nc(Cl)c2c(ncn2C)n1. The van der Waals surface area contributed by atoms with Crippen LogP contribution in [0.5, 0.6) is 0 Å². The van der Waals surface area contributed by atoms with Crippen molar-refractivity contribution in [2.24, 2.45) is 7.05 Å². The van der Waals surface area contributed by atoms with Gasteiger partial charge in [0.2, 0.25) is 0 Å². The number of rotatable bonds is 0. The topological polar surface area (TPSA) is 43.6 Å². The van der Waals surface area contributed by atoms with Gasteiger partial charge in [-0.05, 0) is 6.92 Å². The number of aromatic nitrogens is 4. The Morgan fingerprint density at radius 2 is 2.17 bits per heavy atom. The number of hydrogen-bond donors (Lipinski definition) is 0. The predicted octanol–water partition coefficient (Wildman–Crippen LogP) is 1.33. The summed E-state index contributed by atoms with van der Waals surface area (Å²) in [6, 6.07) is 0. The molecule has 2 heterocycles. The molecule has 0 saturated heterocycles. The average Bonchev–Trinajstić information content (AvgIpc) is 2.31. The standard InChI is InChI=1S/C7H7ClN4/c1-4-10-6(8)5-7(11-4)9-3-12(5)2/h3H,1-2H3. The van der Waals surface area contributed by atoms with Crippen LogP contribution < -0.4 is 0 Å². The molecule has 2 aromatic rings. The lowest BCUT2D eigenvalue weighted by Crippen LogP contribution is -1.92. The second kappa shape index (κ2) is 2.42. The van der Waals surface area contributed by atoms with E-state index in [9.17, 15) is 0 Å². The van der Waals surface area contributed by atoms with E-state index in [1.54, 1.807) is 17.8 Å². The molecule has 0 N–H and O–H groups in total. The van der Waals surface area contributed by atoms with Crippen molar-refractivity contribution in [3.63, 3.8) is 0 Å². The number of hydrogen-bond acceptors (Lipinski definition) is 3. The van der Waals surface area contributed by atoms with Gasteiger partial charge in [0.25, 0.3) is 0 Å². The highest BCUT2D eigenvalue weighted by molar-refractivity contribution is 6.33. The Morgan fingerprint density at radius 1 is 1.42 bits per heavy atom. The van der Waals surface area contributed by atoms with Gasteiger partial charge in [-0.3, -0.25) is 0 Å². The molecule has 0 amide bonds. The van der Waals surface area contributed by atoms with Crippen molar-refractivity contribution in [2.75, 3.05) is 0 Å². The van der Waals surface area contributed by atoms with Crippen LogP contribution in [0.2, 0.25) is 5.15 Å². The Kier molecular flexibility index (Phi) is 1.51. The van der Waals surface area contributed by atoms with Crippen LogP contribution in [0, 0.1) is 6.92 Å². The maximum atomic E-state index is 5.90. The van der Waals surface area contributed by atoms with E-state index < -0.39 is 0 Å². The quantitative estimate of drug-likeness (QED) is 0.578. The van der Waals surface area contributed by atoms with Crippen LogP contribution in [-0.4, -0.2) is 19.5 Å². The first-order valence-electron chi connectivity index (χ1n) is 3.49. The van der Waals surface area contributed by atoms with E-state index in [1.807, 2.05) is 7.05 Å². The molecule has 0 bridgehead atoms. The van der Waals surface area contributed by atoms with Gasteiger partial charge in [0.15, 0.2) is 10.8 Å². The van der Waals surface area contributed by atoms with Crippen molar-refractivity contribution in [3.8, 4) is 0 Å². The van der Waals surface area contributed by atoms with Gasteiger partial charge in [-0.2, -0.15) is 0 Å². The van der Waals surface area contributed by atoms with E-state index in [0.717, 1.165) is 5.52 Å². The molecule has 0 aliphatic heterocycles. The Bertz CT molecular complexity index is 434. The van der Waals surface area contributed by atoms with Crippen LogP contribution in [0.4, 0.5) is 0 Å². The largest absolute Gasteiger partial charge is 0.330 e. The molecule has 4 nitrogen and oxygen atoms in total. The van der Waals surface area contributed by atoms with Crippen LogP contribution in [0.25, 0.3) is 11.2 Å². The molecule has 0 aliphatic carbocycles. The molecule has 62 valence electrons. The first kappa shape index (κ1) is 7.49. The zero-order chi connectivity index (χ0) is 8.72. The third-order valence-corrected chi connectivity index (χ3v) is 1.90. The summed E-state index contributed by atoms with van der Waals surface area (Å²) < 4.78 is 1.80. The van der Waals surface area contributed by atoms with Gasteiger partial charge in [-0.25, -0.2) is 15.0 Å². The Balaban J connectivity index is 2.93. The van der Waals surface area contributed by atoms with Gasteiger partial charge in [-0.1, -0.05) is 11.6 Å². The molecule has 0 atom stereocenters. The van der Waals surface area contributed by atoms with Gasteiger partial charge in [-0.15, -0.1) is 0 Å². The molecule has 0 radical (unpaired) electrons. The van der Waals surface area contributed by atoms with Crippen LogP contribution in [0.3, 0.4) is 0 Å². The third kappa shape index (κ3) is 0.956. The fraction of sp³-hybridized carbons (Fsp3) is 0.286. The summed E-state index contributed by atoms with van der Waals surface area (Å²) in [5, 5.41) is 0.456. The van der Waals surface area contributed by atoms with Crippen molar-refractivity contribution in [1.82, 2.24) is 19.5 Å². The number of nitrogens with zero attached hydrogens (tertiary/aromatic N) is 4. The molecule has 0 saturated carbocycles. The van der Waals surface area contributed by atoms with E-state index in [4.69, 9.17) is 11.6 Å². The van der Waals surface area contributed by atoms with Crippen molar-refractivity contribution >= 4 is 22.8 Å². The normalized spacial score (nSPS) is 10.9. The fourth-order valence-electron chi connectivity index (χ4n) is 1.11. The highest BCUT2D eigenvalue weighted by atomic mass is 35.5. The van der Waals surface area contributed by atoms with E-state index in [1.165, 1.54) is 0 Å². The smallest absolute Gasteiger partial charge is 0.182 e. The minimum Gasteiger partial charge on any atom is -0.330 e. The summed E-state index contributed by atoms with van der Waals surface area (Å²) in [5.41, 5.74) is 1.43. The first-order chi connectivity index (χ1) is 5.68. The lowest BCUT2D eigenvalue weighted by Gasteiger charge is -1.96. The Labute approximate surface area is 74.2 Å². The fourth-order valence-corrected chi connectivity index (χ4v) is 1.45. The molecule has 0 spiro atoms. The highest BCUT2D eigenvalue weighted by Crippen LogP contribution is 2.17. The highest BCUT2D eigenvalue weighted by Gasteiger charge is 2.07. The molecule has 0 aliphatic rings. The molecule has 5 heteroatoms. The monoisotopic (exact) mass is 182 g/mol. The first-order valence-corrected chi connectivity index (χ1v) is 3.87. The summed E-state index contributed by atoms with van der Waals surface area (Å²) in [6.07, 6.45) is 1.67. The number of fused-ring (bicyclic) bond motifs is 1. The molecule has 2 rings (SSSR count). The third-order valence-electron chi connectivity index (χ3n) is 1.64. The zero-order valence-electron chi connectivity index (χ0n) is 6.74. The molecule has 0 fully saturated rings. The van der Waals surface area contributed by atoms with Crippen molar-refractivity contribution in [3.05, 3.63) is 17.3 Å². The zero-order valence-corrected chi connectivity index (χ0v) is 7.50. The molecule has 0 aromatic carbocycles. The average molecular weight is 183 g/mol. The molecule has 12 heavy (non-hydrogen) atoms.